The third-order valence-electron chi connectivity index (χ3n) is 3.91. The van der Waals surface area contributed by atoms with Crippen molar-refractivity contribution in [2.45, 2.75) is 0 Å². The summed E-state index contributed by atoms with van der Waals surface area (Å²) < 4.78 is 5.24. The lowest BCUT2D eigenvalue weighted by Gasteiger charge is -2.10. The van der Waals surface area contributed by atoms with Crippen molar-refractivity contribution in [1.82, 2.24) is 5.32 Å². The van der Waals surface area contributed by atoms with Gasteiger partial charge in [-0.3, -0.25) is 14.9 Å². The number of benzene rings is 3. The van der Waals surface area contributed by atoms with Crippen LogP contribution in [0.15, 0.2) is 42.5 Å². The lowest BCUT2D eigenvalue weighted by Crippen LogP contribution is -2.20. The van der Waals surface area contributed by atoms with Gasteiger partial charge in [0.25, 0.3) is 11.8 Å². The van der Waals surface area contributed by atoms with E-state index in [1.807, 2.05) is 36.4 Å². The van der Waals surface area contributed by atoms with Crippen molar-refractivity contribution in [3.63, 3.8) is 0 Å². The predicted octanol–water partition coefficient (Wildman–Crippen LogP) is 2.89. The molecule has 0 radical (unpaired) electrons. The van der Waals surface area contributed by atoms with Crippen LogP contribution in [0.5, 0.6) is 5.75 Å². The zero-order valence-corrected chi connectivity index (χ0v) is 11.3. The Morgan fingerprint density at radius 2 is 1.43 bits per heavy atom. The van der Waals surface area contributed by atoms with Gasteiger partial charge in [-0.25, -0.2) is 0 Å². The molecule has 0 aromatic heterocycles. The number of carbonyl (C=O) groups excluding carboxylic acids is 2. The SMILES string of the molecule is COc1ccc2c(c1)c1c(c3ccccc32)C(=O)NC1=O. The van der Waals surface area contributed by atoms with Gasteiger partial charge in [0.05, 0.1) is 18.2 Å². The predicted molar refractivity (Wildman–Crippen MR) is 79.8 cm³/mol. The van der Waals surface area contributed by atoms with Crippen LogP contribution in [0, 0.1) is 0 Å². The highest BCUT2D eigenvalue weighted by Gasteiger charge is 2.31. The fraction of sp³-hybridized carbons (Fsp3) is 0.0588. The monoisotopic (exact) mass is 277 g/mol. The van der Waals surface area contributed by atoms with E-state index in [4.69, 9.17) is 4.74 Å². The molecule has 21 heavy (non-hydrogen) atoms. The van der Waals surface area contributed by atoms with E-state index in [0.29, 0.717) is 16.9 Å². The first-order valence-electron chi connectivity index (χ1n) is 6.59. The topological polar surface area (TPSA) is 55.4 Å². The molecule has 0 atom stereocenters. The maximum absolute atomic E-state index is 12.2. The van der Waals surface area contributed by atoms with Gasteiger partial charge in [-0.05, 0) is 33.7 Å². The van der Waals surface area contributed by atoms with Gasteiger partial charge in [-0.15, -0.1) is 0 Å². The number of fused-ring (bicyclic) bond motifs is 6. The molecule has 2 amide bonds. The van der Waals surface area contributed by atoms with Crippen molar-refractivity contribution in [2.24, 2.45) is 0 Å². The first-order valence-corrected chi connectivity index (χ1v) is 6.59. The van der Waals surface area contributed by atoms with E-state index < -0.39 is 0 Å². The van der Waals surface area contributed by atoms with Gasteiger partial charge in [0.2, 0.25) is 0 Å². The highest BCUT2D eigenvalue weighted by molar-refractivity contribution is 6.33. The molecule has 0 fully saturated rings. The molecule has 4 heteroatoms. The lowest BCUT2D eigenvalue weighted by atomic mass is 9.92. The van der Waals surface area contributed by atoms with Crippen molar-refractivity contribution < 1.29 is 14.3 Å². The second-order valence-corrected chi connectivity index (χ2v) is 4.99. The molecule has 0 unspecified atom stereocenters. The van der Waals surface area contributed by atoms with Crippen molar-refractivity contribution >= 4 is 33.4 Å². The number of carbonyl (C=O) groups is 2. The molecule has 1 aliphatic heterocycles. The molecular weight excluding hydrogens is 266 g/mol. The normalized spacial score (nSPS) is 13.6. The zero-order valence-electron chi connectivity index (χ0n) is 11.3. The number of amides is 2. The van der Waals surface area contributed by atoms with E-state index >= 15 is 0 Å². The van der Waals surface area contributed by atoms with E-state index in [2.05, 4.69) is 5.32 Å². The Hall–Kier alpha value is -2.88. The fourth-order valence-electron chi connectivity index (χ4n) is 3.00. The number of hydrogen-bond acceptors (Lipinski definition) is 3. The van der Waals surface area contributed by atoms with Crippen LogP contribution >= 0.6 is 0 Å². The number of hydrogen-bond donors (Lipinski definition) is 1. The standard InChI is InChI=1S/C17H11NO3/c1-21-9-6-7-11-10-4-2-3-5-12(10)14-15(13(11)8-9)17(20)18-16(14)19/h2-8H,1H3,(H,18,19,20). The van der Waals surface area contributed by atoms with E-state index in [9.17, 15) is 9.59 Å². The van der Waals surface area contributed by atoms with Gasteiger partial charge in [0, 0.05) is 0 Å². The van der Waals surface area contributed by atoms with Gasteiger partial charge in [-0.2, -0.15) is 0 Å². The largest absolute Gasteiger partial charge is 0.497 e. The molecule has 4 nitrogen and oxygen atoms in total. The minimum atomic E-state index is -0.348. The van der Waals surface area contributed by atoms with Crippen LogP contribution < -0.4 is 10.1 Å². The summed E-state index contributed by atoms with van der Waals surface area (Å²) >= 11 is 0. The van der Waals surface area contributed by atoms with Crippen LogP contribution in [-0.4, -0.2) is 18.9 Å². The lowest BCUT2D eigenvalue weighted by molar-refractivity contribution is 0.0880. The Balaban J connectivity index is 2.30. The summed E-state index contributed by atoms with van der Waals surface area (Å²) in [5, 5.41) is 5.82. The molecule has 1 aliphatic rings. The Bertz CT molecular complexity index is 944. The van der Waals surface area contributed by atoms with Crippen LogP contribution in [0.4, 0.5) is 0 Å². The van der Waals surface area contributed by atoms with Gasteiger partial charge >= 0.3 is 0 Å². The molecule has 1 heterocycles. The van der Waals surface area contributed by atoms with Gasteiger partial charge < -0.3 is 4.74 Å². The quantitative estimate of drug-likeness (QED) is 0.549. The van der Waals surface area contributed by atoms with Crippen molar-refractivity contribution in [2.75, 3.05) is 7.11 Å². The van der Waals surface area contributed by atoms with Crippen molar-refractivity contribution in [1.29, 1.82) is 0 Å². The number of methoxy groups -OCH3 is 1. The number of nitrogens with one attached hydrogen (secondary N) is 1. The summed E-state index contributed by atoms with van der Waals surface area (Å²) in [7, 11) is 1.58. The average molecular weight is 277 g/mol. The van der Waals surface area contributed by atoms with E-state index in [-0.39, 0.29) is 11.8 Å². The summed E-state index contributed by atoms with van der Waals surface area (Å²) in [6, 6.07) is 13.2. The molecular formula is C17H11NO3. The molecule has 3 aromatic rings. The Morgan fingerprint density at radius 3 is 2.14 bits per heavy atom. The minimum absolute atomic E-state index is 0.337. The van der Waals surface area contributed by atoms with Crippen molar-refractivity contribution in [3.8, 4) is 5.75 Å². The molecule has 3 aromatic carbocycles. The summed E-state index contributed by atoms with van der Waals surface area (Å²) in [6.45, 7) is 0. The Labute approximate surface area is 120 Å². The molecule has 0 bridgehead atoms. The summed E-state index contributed by atoms with van der Waals surface area (Å²) in [5.74, 6) is -0.0259. The highest BCUT2D eigenvalue weighted by atomic mass is 16.5. The van der Waals surface area contributed by atoms with Crippen LogP contribution in [-0.2, 0) is 0 Å². The maximum atomic E-state index is 12.2. The van der Waals surface area contributed by atoms with Gasteiger partial charge in [0.15, 0.2) is 0 Å². The van der Waals surface area contributed by atoms with Gasteiger partial charge in [-0.1, -0.05) is 30.3 Å². The van der Waals surface area contributed by atoms with Gasteiger partial charge in [0.1, 0.15) is 5.75 Å². The molecule has 0 aliphatic carbocycles. The number of rotatable bonds is 1. The van der Waals surface area contributed by atoms with E-state index in [0.717, 1.165) is 21.5 Å². The number of ether oxygens (including phenoxy) is 1. The molecule has 0 spiro atoms. The van der Waals surface area contributed by atoms with Crippen LogP contribution in [0.25, 0.3) is 21.5 Å². The van der Waals surface area contributed by atoms with Crippen LogP contribution in [0.3, 0.4) is 0 Å². The third kappa shape index (κ3) is 1.50. The third-order valence-corrected chi connectivity index (χ3v) is 3.91. The van der Waals surface area contributed by atoms with E-state index in [1.165, 1.54) is 0 Å². The Morgan fingerprint density at radius 1 is 0.810 bits per heavy atom. The van der Waals surface area contributed by atoms with Crippen molar-refractivity contribution in [3.05, 3.63) is 53.6 Å². The average Bonchev–Trinajstić information content (AvgIpc) is 2.82. The second kappa shape index (κ2) is 4.06. The fourth-order valence-corrected chi connectivity index (χ4v) is 3.00. The molecule has 102 valence electrons. The van der Waals surface area contributed by atoms with Crippen LogP contribution in [0.2, 0.25) is 0 Å². The minimum Gasteiger partial charge on any atom is -0.497 e. The first-order chi connectivity index (χ1) is 10.2. The smallest absolute Gasteiger partial charge is 0.259 e. The Kier molecular flexibility index (Phi) is 2.30. The summed E-state index contributed by atoms with van der Waals surface area (Å²) in [4.78, 5) is 24.3. The summed E-state index contributed by atoms with van der Waals surface area (Å²) in [5.41, 5.74) is 0.893. The van der Waals surface area contributed by atoms with Crippen LogP contribution in [0.1, 0.15) is 20.7 Å². The first kappa shape index (κ1) is 11.9. The molecule has 1 N–H and O–H groups in total. The molecule has 4 rings (SSSR count). The summed E-state index contributed by atoms with van der Waals surface area (Å²) in [6.07, 6.45) is 0. The number of imide groups is 1. The molecule has 0 saturated carbocycles. The zero-order chi connectivity index (χ0) is 14.6. The second-order valence-electron chi connectivity index (χ2n) is 4.99. The highest BCUT2D eigenvalue weighted by Crippen LogP contribution is 2.36. The molecule has 0 saturated heterocycles. The van der Waals surface area contributed by atoms with E-state index in [1.54, 1.807) is 13.2 Å². The maximum Gasteiger partial charge on any atom is 0.259 e.